The molecule has 0 fully saturated rings. The van der Waals surface area contributed by atoms with Crippen LogP contribution in [0.5, 0.6) is 0 Å². The second kappa shape index (κ2) is 5.18. The molecule has 0 spiro atoms. The molecule has 2 rings (SSSR count). The maximum absolute atomic E-state index is 11.8. The zero-order valence-electron chi connectivity index (χ0n) is 10.3. The molecule has 0 atom stereocenters. The van der Waals surface area contributed by atoms with Crippen LogP contribution in [0.3, 0.4) is 0 Å². The molecule has 1 aromatic heterocycles. The molecule has 0 unspecified atom stereocenters. The molecule has 1 aromatic carbocycles. The van der Waals surface area contributed by atoms with Crippen molar-refractivity contribution in [2.45, 2.75) is 19.8 Å². The molecule has 0 radical (unpaired) electrons. The molecule has 0 aliphatic rings. The number of rotatable bonds is 3. The highest BCUT2D eigenvalue weighted by molar-refractivity contribution is 7.13. The lowest BCUT2D eigenvalue weighted by molar-refractivity contribution is 0.102. The number of nitrogens with zero attached hydrogens (tertiary/aromatic N) is 1. The number of nitrogens with one attached hydrogen (secondary N) is 1. The van der Waals surface area contributed by atoms with Gasteiger partial charge in [-0.25, -0.2) is 4.98 Å². The van der Waals surface area contributed by atoms with Crippen LogP contribution >= 0.6 is 11.3 Å². The monoisotopic (exact) mass is 261 g/mol. The zero-order valence-corrected chi connectivity index (χ0v) is 11.1. The van der Waals surface area contributed by atoms with Gasteiger partial charge in [-0.3, -0.25) is 4.79 Å². The minimum atomic E-state index is -0.236. The van der Waals surface area contributed by atoms with Crippen molar-refractivity contribution < 1.29 is 4.79 Å². The average Bonchev–Trinajstić information content (AvgIpc) is 2.76. The fraction of sp³-hybridized carbons (Fsp3) is 0.231. The molecule has 0 saturated carbocycles. The van der Waals surface area contributed by atoms with Crippen molar-refractivity contribution >= 4 is 28.1 Å². The van der Waals surface area contributed by atoms with Gasteiger partial charge < -0.3 is 11.1 Å². The number of amides is 1. The number of carbonyl (C=O) groups excluding carboxylic acids is 1. The second-order valence-electron chi connectivity index (χ2n) is 4.30. The van der Waals surface area contributed by atoms with E-state index in [2.05, 4.69) is 24.1 Å². The van der Waals surface area contributed by atoms with E-state index in [0.29, 0.717) is 16.7 Å². The highest BCUT2D eigenvalue weighted by Crippen LogP contribution is 2.18. The summed E-state index contributed by atoms with van der Waals surface area (Å²) in [5.41, 5.74) is 7.84. The van der Waals surface area contributed by atoms with Crippen molar-refractivity contribution in [3.63, 3.8) is 0 Å². The predicted octanol–water partition coefficient (Wildman–Crippen LogP) is 3.10. The Kier molecular flexibility index (Phi) is 3.62. The zero-order chi connectivity index (χ0) is 13.1. The summed E-state index contributed by atoms with van der Waals surface area (Å²) in [5, 5.41) is 4.83. The van der Waals surface area contributed by atoms with Crippen LogP contribution in [0.15, 0.2) is 29.6 Å². The van der Waals surface area contributed by atoms with Crippen LogP contribution in [-0.4, -0.2) is 10.9 Å². The molecular formula is C13H15N3OS. The van der Waals surface area contributed by atoms with Gasteiger partial charge in [0, 0.05) is 11.1 Å². The van der Waals surface area contributed by atoms with Gasteiger partial charge in [-0.05, 0) is 23.6 Å². The number of aromatic nitrogens is 1. The standard InChI is InChI=1S/C13H15N3OS/c1-8(2)9-3-5-10(6-4-9)15-12(17)11-7-18-13(14)16-11/h3-8H,1-2H3,(H2,14,16)(H,15,17). The quantitative estimate of drug-likeness (QED) is 0.892. The Morgan fingerprint density at radius 3 is 2.50 bits per heavy atom. The highest BCUT2D eigenvalue weighted by atomic mass is 32.1. The van der Waals surface area contributed by atoms with Crippen LogP contribution in [0, 0.1) is 0 Å². The molecule has 0 saturated heterocycles. The summed E-state index contributed by atoms with van der Waals surface area (Å²) in [4.78, 5) is 15.8. The fourth-order valence-electron chi connectivity index (χ4n) is 1.54. The normalized spacial score (nSPS) is 10.6. The maximum Gasteiger partial charge on any atom is 0.275 e. The van der Waals surface area contributed by atoms with Gasteiger partial charge in [0.1, 0.15) is 5.69 Å². The van der Waals surface area contributed by atoms with E-state index >= 15 is 0 Å². The van der Waals surface area contributed by atoms with Crippen LogP contribution in [-0.2, 0) is 0 Å². The van der Waals surface area contributed by atoms with Gasteiger partial charge in [0.2, 0.25) is 0 Å². The Morgan fingerprint density at radius 1 is 1.33 bits per heavy atom. The lowest BCUT2D eigenvalue weighted by atomic mass is 10.0. The number of hydrogen-bond acceptors (Lipinski definition) is 4. The van der Waals surface area contributed by atoms with Crippen LogP contribution in [0.25, 0.3) is 0 Å². The SMILES string of the molecule is CC(C)c1ccc(NC(=O)c2csc(N)n2)cc1. The van der Waals surface area contributed by atoms with Gasteiger partial charge in [0.05, 0.1) is 0 Å². The molecule has 0 bridgehead atoms. The Hall–Kier alpha value is -1.88. The minimum absolute atomic E-state index is 0.236. The van der Waals surface area contributed by atoms with E-state index in [1.165, 1.54) is 16.9 Å². The van der Waals surface area contributed by atoms with Gasteiger partial charge in [-0.15, -0.1) is 11.3 Å². The van der Waals surface area contributed by atoms with Gasteiger partial charge in [0.15, 0.2) is 5.13 Å². The third-order valence-electron chi connectivity index (χ3n) is 2.59. The van der Waals surface area contributed by atoms with Crippen molar-refractivity contribution in [1.82, 2.24) is 4.98 Å². The number of thiazole rings is 1. The van der Waals surface area contributed by atoms with E-state index in [4.69, 9.17) is 5.73 Å². The summed E-state index contributed by atoms with van der Waals surface area (Å²) in [6.07, 6.45) is 0. The topological polar surface area (TPSA) is 68.0 Å². The molecule has 2 aromatic rings. The fourth-order valence-corrected chi connectivity index (χ4v) is 2.08. The third kappa shape index (κ3) is 2.87. The van der Waals surface area contributed by atoms with Crippen molar-refractivity contribution in [3.8, 4) is 0 Å². The molecule has 5 heteroatoms. The predicted molar refractivity (Wildman–Crippen MR) is 75.0 cm³/mol. The van der Waals surface area contributed by atoms with Crippen molar-refractivity contribution in [1.29, 1.82) is 0 Å². The van der Waals surface area contributed by atoms with Gasteiger partial charge in [-0.1, -0.05) is 26.0 Å². The van der Waals surface area contributed by atoms with E-state index in [9.17, 15) is 4.79 Å². The first-order valence-corrected chi connectivity index (χ1v) is 6.56. The Bertz CT molecular complexity index is 546. The number of anilines is 2. The number of hydrogen-bond donors (Lipinski definition) is 2. The lowest BCUT2D eigenvalue weighted by Gasteiger charge is -2.07. The molecule has 1 amide bonds. The maximum atomic E-state index is 11.8. The van der Waals surface area contributed by atoms with Crippen LogP contribution in [0.4, 0.5) is 10.8 Å². The first-order chi connectivity index (χ1) is 8.56. The molecule has 18 heavy (non-hydrogen) atoms. The number of nitrogen functional groups attached to an aromatic ring is 1. The van der Waals surface area contributed by atoms with E-state index in [1.54, 1.807) is 5.38 Å². The van der Waals surface area contributed by atoms with Crippen molar-refractivity contribution in [3.05, 3.63) is 40.9 Å². The molecule has 4 nitrogen and oxygen atoms in total. The van der Waals surface area contributed by atoms with Crippen molar-refractivity contribution in [2.75, 3.05) is 11.1 Å². The van der Waals surface area contributed by atoms with Gasteiger partial charge in [-0.2, -0.15) is 0 Å². The summed E-state index contributed by atoms with van der Waals surface area (Å²) in [6, 6.07) is 7.80. The second-order valence-corrected chi connectivity index (χ2v) is 5.19. The summed E-state index contributed by atoms with van der Waals surface area (Å²) in [7, 11) is 0. The Balaban J connectivity index is 2.07. The summed E-state index contributed by atoms with van der Waals surface area (Å²) in [6.45, 7) is 4.26. The van der Waals surface area contributed by atoms with Gasteiger partial charge in [0.25, 0.3) is 5.91 Å². The van der Waals surface area contributed by atoms with E-state index in [1.807, 2.05) is 24.3 Å². The van der Waals surface area contributed by atoms with Crippen LogP contribution in [0.1, 0.15) is 35.8 Å². The Morgan fingerprint density at radius 2 is 2.00 bits per heavy atom. The molecule has 1 heterocycles. The first-order valence-electron chi connectivity index (χ1n) is 5.68. The number of benzene rings is 1. The van der Waals surface area contributed by atoms with Crippen molar-refractivity contribution in [2.24, 2.45) is 0 Å². The van der Waals surface area contributed by atoms with Crippen LogP contribution in [0.2, 0.25) is 0 Å². The lowest BCUT2D eigenvalue weighted by Crippen LogP contribution is -2.12. The first kappa shape index (κ1) is 12.6. The smallest absolute Gasteiger partial charge is 0.275 e. The average molecular weight is 261 g/mol. The summed E-state index contributed by atoms with van der Waals surface area (Å²) < 4.78 is 0. The third-order valence-corrected chi connectivity index (χ3v) is 3.26. The number of carbonyl (C=O) groups is 1. The molecule has 0 aliphatic heterocycles. The van der Waals surface area contributed by atoms with Gasteiger partial charge >= 0.3 is 0 Å². The van der Waals surface area contributed by atoms with E-state index < -0.39 is 0 Å². The van der Waals surface area contributed by atoms with E-state index in [0.717, 1.165) is 5.69 Å². The largest absolute Gasteiger partial charge is 0.375 e. The molecule has 3 N–H and O–H groups in total. The van der Waals surface area contributed by atoms with Crippen LogP contribution < -0.4 is 11.1 Å². The molecule has 94 valence electrons. The van der Waals surface area contributed by atoms with E-state index in [-0.39, 0.29) is 5.91 Å². The Labute approximate surface area is 110 Å². The molecular weight excluding hydrogens is 246 g/mol. The summed E-state index contributed by atoms with van der Waals surface area (Å²) >= 11 is 1.26. The summed E-state index contributed by atoms with van der Waals surface area (Å²) in [5.74, 6) is 0.244. The molecule has 0 aliphatic carbocycles. The highest BCUT2D eigenvalue weighted by Gasteiger charge is 2.09. The minimum Gasteiger partial charge on any atom is -0.375 e. The number of nitrogens with two attached hydrogens (primary N) is 1.